The quantitative estimate of drug-likeness (QED) is 0.240. The molecular weight excluding hydrogens is 521 g/mol. The number of aromatic nitrogens is 1. The maximum atomic E-state index is 15.7. The molecule has 12 heteroatoms. The number of nitrogens with one attached hydrogen (secondary N) is 1. The van der Waals surface area contributed by atoms with Gasteiger partial charge in [-0.15, -0.1) is 12.4 Å². The standard InChI is InChI=1S/C26H28FN3O7.ClH/c1-35-24-20-15(9-17(27)21(24)29-10-13-5-4-8-28-18(13)12-29)22(31)16(11-30(20)14-6-7-14)23(32)19(25(33)36-2)26(34)37-3;/h5,9,11,14,18-19,28H,4,6-8,10,12H2,1-3H3;1H. The van der Waals surface area contributed by atoms with Crippen LogP contribution >= 0.6 is 12.4 Å². The van der Waals surface area contributed by atoms with Gasteiger partial charge >= 0.3 is 11.9 Å². The Kier molecular flexibility index (Phi) is 7.80. The van der Waals surface area contributed by atoms with Crippen LogP contribution in [-0.2, 0) is 19.1 Å². The van der Waals surface area contributed by atoms with Gasteiger partial charge in [-0.05, 0) is 37.4 Å². The van der Waals surface area contributed by atoms with Crippen LogP contribution in [0.25, 0.3) is 10.9 Å². The van der Waals surface area contributed by atoms with Crippen LogP contribution in [0, 0.1) is 11.7 Å². The lowest BCUT2D eigenvalue weighted by molar-refractivity contribution is -0.155. The molecule has 2 aliphatic heterocycles. The van der Waals surface area contributed by atoms with Crippen LogP contribution in [0.3, 0.4) is 0 Å². The van der Waals surface area contributed by atoms with Crippen molar-refractivity contribution in [1.29, 1.82) is 0 Å². The van der Waals surface area contributed by atoms with Crippen LogP contribution in [0.2, 0.25) is 0 Å². The van der Waals surface area contributed by atoms with Crippen LogP contribution in [0.1, 0.15) is 35.7 Å². The number of hydrogen-bond donors (Lipinski definition) is 1. The van der Waals surface area contributed by atoms with Crippen molar-refractivity contribution in [3.63, 3.8) is 0 Å². The molecule has 1 aliphatic carbocycles. The van der Waals surface area contributed by atoms with Crippen LogP contribution < -0.4 is 20.4 Å². The smallest absolute Gasteiger partial charge is 0.328 e. The van der Waals surface area contributed by atoms with Crippen molar-refractivity contribution in [2.45, 2.75) is 31.3 Å². The number of esters is 2. The fraction of sp³-hybridized carbons (Fsp3) is 0.462. The molecule has 1 unspecified atom stereocenters. The lowest BCUT2D eigenvalue weighted by atomic mass is 9.96. The highest BCUT2D eigenvalue weighted by molar-refractivity contribution is 6.21. The number of benzene rings is 1. The Morgan fingerprint density at radius 2 is 1.82 bits per heavy atom. The van der Waals surface area contributed by atoms with Crippen molar-refractivity contribution in [3.05, 3.63) is 45.5 Å². The molecule has 2 aromatic rings. The Morgan fingerprint density at radius 3 is 2.39 bits per heavy atom. The van der Waals surface area contributed by atoms with Gasteiger partial charge in [-0.2, -0.15) is 0 Å². The van der Waals surface area contributed by atoms with E-state index in [-0.39, 0.29) is 41.3 Å². The number of fused-ring (bicyclic) bond motifs is 2. The first-order valence-corrected chi connectivity index (χ1v) is 12.1. The average Bonchev–Trinajstić information content (AvgIpc) is 3.66. The van der Waals surface area contributed by atoms with Gasteiger partial charge in [0.2, 0.25) is 5.92 Å². The van der Waals surface area contributed by atoms with E-state index in [4.69, 9.17) is 4.74 Å². The number of anilines is 1. The second-order valence-electron chi connectivity index (χ2n) is 9.45. The third-order valence-corrected chi connectivity index (χ3v) is 7.23. The van der Waals surface area contributed by atoms with Crippen LogP contribution in [0.15, 0.2) is 28.7 Å². The predicted molar refractivity (Wildman–Crippen MR) is 139 cm³/mol. The minimum atomic E-state index is -1.97. The zero-order valence-corrected chi connectivity index (χ0v) is 22.1. The van der Waals surface area contributed by atoms with Crippen molar-refractivity contribution >= 4 is 46.7 Å². The van der Waals surface area contributed by atoms with Gasteiger partial charge in [-0.25, -0.2) is 4.39 Å². The van der Waals surface area contributed by atoms with Crippen molar-refractivity contribution < 1.29 is 33.0 Å². The minimum absolute atomic E-state index is 0. The molecule has 5 rings (SSSR count). The fourth-order valence-corrected chi connectivity index (χ4v) is 5.27. The van der Waals surface area contributed by atoms with E-state index >= 15 is 4.39 Å². The highest BCUT2D eigenvalue weighted by atomic mass is 35.5. The third kappa shape index (κ3) is 4.54. The number of ketones is 1. The molecule has 38 heavy (non-hydrogen) atoms. The monoisotopic (exact) mass is 549 g/mol. The van der Waals surface area contributed by atoms with Gasteiger partial charge < -0.3 is 29.0 Å². The summed E-state index contributed by atoms with van der Waals surface area (Å²) in [6, 6.07) is 1.18. The highest BCUT2D eigenvalue weighted by Crippen LogP contribution is 2.44. The lowest BCUT2D eigenvalue weighted by Crippen LogP contribution is -2.37. The molecule has 1 saturated heterocycles. The van der Waals surface area contributed by atoms with Crippen molar-refractivity contribution in [2.75, 3.05) is 45.9 Å². The van der Waals surface area contributed by atoms with Crippen molar-refractivity contribution in [3.8, 4) is 5.75 Å². The van der Waals surface area contributed by atoms with E-state index in [1.54, 1.807) is 4.57 Å². The molecule has 0 radical (unpaired) electrons. The number of hydrogen-bond acceptors (Lipinski definition) is 9. The number of carbonyl (C=O) groups is 3. The molecule has 0 amide bonds. The summed E-state index contributed by atoms with van der Waals surface area (Å²) in [6.45, 7) is 1.94. The van der Waals surface area contributed by atoms with Gasteiger partial charge in [0.15, 0.2) is 22.8 Å². The summed E-state index contributed by atoms with van der Waals surface area (Å²) in [6.07, 6.45) is 5.97. The summed E-state index contributed by atoms with van der Waals surface area (Å²) in [5.74, 6) is -5.78. The summed E-state index contributed by atoms with van der Waals surface area (Å²) < 4.78 is 32.4. The molecule has 3 aliphatic rings. The molecule has 3 heterocycles. The van der Waals surface area contributed by atoms with E-state index in [9.17, 15) is 19.2 Å². The van der Waals surface area contributed by atoms with E-state index in [0.29, 0.717) is 18.6 Å². The van der Waals surface area contributed by atoms with Gasteiger partial charge in [0, 0.05) is 31.4 Å². The largest absolute Gasteiger partial charge is 0.492 e. The van der Waals surface area contributed by atoms with Gasteiger partial charge in [-0.3, -0.25) is 19.2 Å². The molecule has 204 valence electrons. The molecule has 1 N–H and O–H groups in total. The average molecular weight is 550 g/mol. The molecule has 1 atom stereocenters. The number of rotatable bonds is 7. The highest BCUT2D eigenvalue weighted by Gasteiger charge is 2.40. The van der Waals surface area contributed by atoms with Gasteiger partial charge in [-0.1, -0.05) is 6.08 Å². The van der Waals surface area contributed by atoms with E-state index in [0.717, 1.165) is 46.1 Å². The SMILES string of the molecule is COC(=O)C(C(=O)OC)C(=O)c1cn(C2CC2)c2c(OC)c(N3CC4=CCCNC4C3)c(F)cc2c1=O.Cl. The third-order valence-electron chi connectivity index (χ3n) is 7.23. The molecule has 0 bridgehead atoms. The lowest BCUT2D eigenvalue weighted by Gasteiger charge is -2.25. The molecule has 2 fully saturated rings. The maximum Gasteiger partial charge on any atom is 0.328 e. The number of carbonyl (C=O) groups excluding carboxylic acids is 3. The van der Waals surface area contributed by atoms with E-state index in [2.05, 4.69) is 20.9 Å². The fourth-order valence-electron chi connectivity index (χ4n) is 5.27. The number of methoxy groups -OCH3 is 3. The minimum Gasteiger partial charge on any atom is -0.492 e. The van der Waals surface area contributed by atoms with Crippen LogP contribution in [0.4, 0.5) is 10.1 Å². The maximum absolute atomic E-state index is 15.7. The topological polar surface area (TPSA) is 116 Å². The number of nitrogens with zero attached hydrogens (tertiary/aromatic N) is 2. The zero-order valence-electron chi connectivity index (χ0n) is 21.2. The normalized spacial score (nSPS) is 18.5. The summed E-state index contributed by atoms with van der Waals surface area (Å²) in [5.41, 5.74) is 0.577. The molecule has 0 spiro atoms. The summed E-state index contributed by atoms with van der Waals surface area (Å²) in [5, 5.41) is 3.37. The molecular formula is C26H29ClFN3O7. The summed E-state index contributed by atoms with van der Waals surface area (Å²) in [4.78, 5) is 53.2. The Balaban J connectivity index is 0.00000336. The Labute approximate surface area is 224 Å². The molecule has 10 nitrogen and oxygen atoms in total. The number of ether oxygens (including phenoxy) is 3. The predicted octanol–water partition coefficient (Wildman–Crippen LogP) is 2.16. The Morgan fingerprint density at radius 1 is 1.13 bits per heavy atom. The first-order chi connectivity index (χ1) is 17.8. The number of pyridine rings is 1. The molecule has 1 saturated carbocycles. The van der Waals surface area contributed by atoms with E-state index in [1.807, 2.05) is 4.90 Å². The molecule has 1 aromatic carbocycles. The Hall–Kier alpha value is -3.44. The first-order valence-electron chi connectivity index (χ1n) is 12.1. The summed E-state index contributed by atoms with van der Waals surface area (Å²) in [7, 11) is 3.47. The number of Topliss-reactive ketones (excluding diaryl/α,β-unsaturated/α-hetero) is 1. The van der Waals surface area contributed by atoms with Crippen molar-refractivity contribution in [2.24, 2.45) is 5.92 Å². The van der Waals surface area contributed by atoms with Gasteiger partial charge in [0.05, 0.1) is 37.8 Å². The first kappa shape index (κ1) is 27.6. The molecule has 1 aromatic heterocycles. The second-order valence-corrected chi connectivity index (χ2v) is 9.45. The van der Waals surface area contributed by atoms with Crippen molar-refractivity contribution in [1.82, 2.24) is 9.88 Å². The van der Waals surface area contributed by atoms with Gasteiger partial charge in [0.1, 0.15) is 5.69 Å². The Bertz CT molecular complexity index is 1390. The number of halogens is 2. The second kappa shape index (κ2) is 10.7. The van der Waals surface area contributed by atoms with Crippen LogP contribution in [-0.4, -0.2) is 69.3 Å². The van der Waals surface area contributed by atoms with Crippen LogP contribution in [0.5, 0.6) is 5.75 Å². The summed E-state index contributed by atoms with van der Waals surface area (Å²) >= 11 is 0. The van der Waals surface area contributed by atoms with E-state index < -0.39 is 40.4 Å². The van der Waals surface area contributed by atoms with Gasteiger partial charge in [0.25, 0.3) is 0 Å². The van der Waals surface area contributed by atoms with E-state index in [1.165, 1.54) is 18.9 Å². The zero-order chi connectivity index (χ0) is 26.4.